The summed E-state index contributed by atoms with van der Waals surface area (Å²) in [4.78, 5) is 71.2. The minimum Gasteiger partial charge on any atom is -0.444 e. The Morgan fingerprint density at radius 3 is 2.55 bits per heavy atom. The number of carbonyl (C=O) groups excluding carboxylic acids is 5. The van der Waals surface area contributed by atoms with Crippen molar-refractivity contribution in [2.45, 2.75) is 126 Å². The van der Waals surface area contributed by atoms with Gasteiger partial charge in [0, 0.05) is 23.9 Å². The van der Waals surface area contributed by atoms with Crippen molar-refractivity contribution in [3.05, 3.63) is 46.3 Å². The number of nitrogens with one attached hydrogen (secondary N) is 3. The van der Waals surface area contributed by atoms with Gasteiger partial charge in [0.1, 0.15) is 35.1 Å². The molecule has 1 aromatic carbocycles. The number of halogens is 2. The van der Waals surface area contributed by atoms with Gasteiger partial charge >= 0.3 is 12.2 Å². The Morgan fingerprint density at radius 2 is 1.83 bits per heavy atom. The Hall–Kier alpha value is -3.92. The van der Waals surface area contributed by atoms with Crippen molar-refractivity contribution in [2.24, 2.45) is 5.92 Å². The van der Waals surface area contributed by atoms with Crippen molar-refractivity contribution >= 4 is 51.5 Å². The van der Waals surface area contributed by atoms with Gasteiger partial charge in [-0.25, -0.2) is 22.4 Å². The number of sulfonamides is 1. The number of alkyl carbamates (subject to hydrolysis) is 1. The molecule has 0 radical (unpaired) electrons. The molecule has 53 heavy (non-hydrogen) atoms. The fraction of sp³-hybridized carbons (Fsp3) is 0.639. The van der Waals surface area contributed by atoms with Crippen molar-refractivity contribution in [3.63, 3.8) is 0 Å². The van der Waals surface area contributed by atoms with Gasteiger partial charge in [0.25, 0.3) is 5.91 Å². The van der Waals surface area contributed by atoms with Gasteiger partial charge in [0.05, 0.1) is 18.3 Å². The van der Waals surface area contributed by atoms with Gasteiger partial charge in [-0.05, 0) is 89.0 Å². The van der Waals surface area contributed by atoms with Gasteiger partial charge in [-0.1, -0.05) is 36.6 Å². The first-order chi connectivity index (χ1) is 25.0. The predicted molar refractivity (Wildman–Crippen MR) is 190 cm³/mol. The third-order valence-electron chi connectivity index (χ3n) is 10.4. The highest BCUT2D eigenvalue weighted by Gasteiger charge is 2.62. The maximum Gasteiger partial charge on any atom is 0.410 e. The fourth-order valence-corrected chi connectivity index (χ4v) is 8.86. The Balaban J connectivity index is 1.25. The molecule has 17 heteroatoms. The number of hydrogen-bond acceptors (Lipinski definition) is 9. The number of rotatable bonds is 5. The first kappa shape index (κ1) is 38.8. The summed E-state index contributed by atoms with van der Waals surface area (Å²) in [6.45, 7) is 5.03. The summed E-state index contributed by atoms with van der Waals surface area (Å²) in [5.74, 6) is -3.07. The quantitative estimate of drug-likeness (QED) is 0.375. The van der Waals surface area contributed by atoms with Crippen molar-refractivity contribution in [1.82, 2.24) is 25.2 Å². The maximum atomic E-state index is 14.4. The molecule has 0 spiro atoms. The molecule has 5 atom stereocenters. The smallest absolute Gasteiger partial charge is 0.410 e. The van der Waals surface area contributed by atoms with E-state index >= 15 is 0 Å². The lowest BCUT2D eigenvalue weighted by atomic mass is 9.99. The third-order valence-corrected chi connectivity index (χ3v) is 12.5. The largest absolute Gasteiger partial charge is 0.444 e. The van der Waals surface area contributed by atoms with Crippen LogP contribution < -0.4 is 15.4 Å². The third kappa shape index (κ3) is 8.90. The summed E-state index contributed by atoms with van der Waals surface area (Å²) < 4.78 is 53.4. The molecule has 3 heterocycles. The van der Waals surface area contributed by atoms with Crippen LogP contribution in [0.15, 0.2) is 24.3 Å². The van der Waals surface area contributed by atoms with E-state index in [0.717, 1.165) is 6.42 Å². The number of fused-ring (bicyclic) bond motifs is 3. The molecule has 5 amide bonds. The van der Waals surface area contributed by atoms with E-state index < -0.39 is 86.2 Å². The topological polar surface area (TPSA) is 181 Å². The maximum absolute atomic E-state index is 14.4. The molecule has 2 aliphatic carbocycles. The minimum atomic E-state index is -3.93. The van der Waals surface area contributed by atoms with Gasteiger partial charge in [-0.2, -0.15) is 0 Å². The van der Waals surface area contributed by atoms with Gasteiger partial charge in [-0.3, -0.25) is 19.1 Å². The second-order valence-electron chi connectivity index (χ2n) is 15.6. The Bertz CT molecular complexity index is 1800. The van der Waals surface area contributed by atoms with E-state index in [0.29, 0.717) is 48.3 Å². The highest BCUT2D eigenvalue weighted by atomic mass is 35.5. The van der Waals surface area contributed by atoms with Gasteiger partial charge < -0.3 is 29.9 Å². The number of nitrogens with zero attached hydrogens (tertiary/aromatic N) is 2. The molecule has 5 aliphatic rings. The van der Waals surface area contributed by atoms with E-state index in [2.05, 4.69) is 15.4 Å². The SMILES string of the molecule is CC(C)(C)OC(=O)N[C@H]1CCCCC/C=C\[C@H]2C[C@@]2(C(=O)NS(=O)(=O)C2CC2)NC(=O)[C@@H]2C[C@@H](OC(=O)N3CCc4c(F)ccc(Cl)c4C3)CN2C1=O. The molecule has 3 aliphatic heterocycles. The number of amides is 5. The molecule has 0 bridgehead atoms. The molecule has 1 aromatic rings. The average molecular weight is 780 g/mol. The molecule has 1 saturated heterocycles. The second-order valence-corrected chi connectivity index (χ2v) is 18.0. The highest BCUT2D eigenvalue weighted by Crippen LogP contribution is 2.46. The molecule has 0 aromatic heterocycles. The summed E-state index contributed by atoms with van der Waals surface area (Å²) >= 11 is 6.33. The molecule has 2 saturated carbocycles. The fourth-order valence-electron chi connectivity index (χ4n) is 7.26. The summed E-state index contributed by atoms with van der Waals surface area (Å²) in [5.41, 5.74) is -1.51. The van der Waals surface area contributed by atoms with Crippen LogP contribution in [-0.2, 0) is 46.8 Å². The lowest BCUT2D eigenvalue weighted by Crippen LogP contribution is -2.58. The van der Waals surface area contributed by atoms with Crippen LogP contribution in [0.3, 0.4) is 0 Å². The van der Waals surface area contributed by atoms with Crippen molar-refractivity contribution in [1.29, 1.82) is 0 Å². The van der Waals surface area contributed by atoms with Crippen LogP contribution >= 0.6 is 11.6 Å². The Labute approximate surface area is 313 Å². The van der Waals surface area contributed by atoms with Gasteiger partial charge in [0.15, 0.2) is 0 Å². The molecule has 290 valence electrons. The summed E-state index contributed by atoms with van der Waals surface area (Å²) in [7, 11) is -3.93. The summed E-state index contributed by atoms with van der Waals surface area (Å²) in [6.07, 6.45) is 5.25. The number of allylic oxidation sites excluding steroid dienone is 1. The van der Waals surface area contributed by atoms with Crippen molar-refractivity contribution < 1.29 is 46.3 Å². The van der Waals surface area contributed by atoms with E-state index in [1.165, 1.54) is 21.9 Å². The van der Waals surface area contributed by atoms with Crippen LogP contribution in [0.4, 0.5) is 14.0 Å². The van der Waals surface area contributed by atoms with E-state index in [-0.39, 0.29) is 45.3 Å². The minimum absolute atomic E-state index is 0.00221. The normalized spacial score (nSPS) is 28.5. The average Bonchev–Trinajstić information content (AvgIpc) is 4.01. The molecule has 14 nitrogen and oxygen atoms in total. The summed E-state index contributed by atoms with van der Waals surface area (Å²) in [5, 5.41) is 5.10. The molecule has 0 unspecified atom stereocenters. The summed E-state index contributed by atoms with van der Waals surface area (Å²) in [6, 6.07) is 0.379. The van der Waals surface area contributed by atoms with E-state index in [1.54, 1.807) is 20.8 Å². The van der Waals surface area contributed by atoms with Crippen LogP contribution in [0.2, 0.25) is 5.02 Å². The van der Waals surface area contributed by atoms with Gasteiger partial charge in [0.2, 0.25) is 21.8 Å². The van der Waals surface area contributed by atoms with E-state index in [1.807, 2.05) is 12.2 Å². The van der Waals surface area contributed by atoms with E-state index in [4.69, 9.17) is 21.1 Å². The zero-order valence-corrected chi connectivity index (χ0v) is 31.7. The molecule has 3 N–H and O–H groups in total. The highest BCUT2D eigenvalue weighted by molar-refractivity contribution is 7.91. The first-order valence-corrected chi connectivity index (χ1v) is 20.2. The zero-order chi connectivity index (χ0) is 38.3. The van der Waals surface area contributed by atoms with Gasteiger partial charge in [-0.15, -0.1) is 0 Å². The first-order valence-electron chi connectivity index (χ1n) is 18.2. The predicted octanol–water partition coefficient (Wildman–Crippen LogP) is 3.84. The van der Waals surface area contributed by atoms with Crippen LogP contribution in [-0.4, -0.2) is 95.8 Å². The Kier molecular flexibility index (Phi) is 11.0. The Morgan fingerprint density at radius 1 is 1.08 bits per heavy atom. The number of benzene rings is 1. The second kappa shape index (κ2) is 15.1. The van der Waals surface area contributed by atoms with Crippen molar-refractivity contribution in [3.8, 4) is 0 Å². The van der Waals surface area contributed by atoms with Crippen LogP contribution in [0.1, 0.15) is 89.7 Å². The number of carbonyl (C=O) groups is 5. The standard InChI is InChI=1S/C36H47ClFN5O9S/c1-35(2,3)52-33(47)39-28-10-8-6-4-5-7-9-21-18-36(21,32(46)41-53(49,50)23-11-12-23)40-30(44)29-17-22(19-43(29)31(28)45)51-34(48)42-16-15-24-25(20-42)26(37)13-14-27(24)38/h7,9,13-14,21-23,28-29H,4-6,8,10-12,15-20H2,1-3H3,(H,39,47)(H,40,44)(H,41,46)/b9-7-/t21-,22+,28-,29-,36+/m0/s1. The van der Waals surface area contributed by atoms with Crippen LogP contribution in [0, 0.1) is 11.7 Å². The van der Waals surface area contributed by atoms with E-state index in [9.17, 15) is 36.8 Å². The van der Waals surface area contributed by atoms with Crippen LogP contribution in [0.25, 0.3) is 0 Å². The number of ether oxygens (including phenoxy) is 2. The molecule has 3 fully saturated rings. The monoisotopic (exact) mass is 779 g/mol. The van der Waals surface area contributed by atoms with Crippen molar-refractivity contribution in [2.75, 3.05) is 13.1 Å². The lowest BCUT2D eigenvalue weighted by molar-refractivity contribution is -0.141. The molecular formula is C36H47ClFN5O9S. The molecular weight excluding hydrogens is 733 g/mol. The zero-order valence-electron chi connectivity index (χ0n) is 30.1. The number of hydrogen-bond donors (Lipinski definition) is 3. The van der Waals surface area contributed by atoms with Crippen LogP contribution in [0.5, 0.6) is 0 Å². The molecule has 6 rings (SSSR count). The lowest BCUT2D eigenvalue weighted by Gasteiger charge is -2.30.